The summed E-state index contributed by atoms with van der Waals surface area (Å²) in [6, 6.07) is 4.06. The van der Waals surface area contributed by atoms with Crippen molar-refractivity contribution in [1.29, 1.82) is 0 Å². The molecule has 0 aliphatic carbocycles. The van der Waals surface area contributed by atoms with Crippen LogP contribution in [0.2, 0.25) is 5.02 Å². The normalized spacial score (nSPS) is 11.2. The molecule has 1 aromatic carbocycles. The smallest absolute Gasteiger partial charge is 0.254 e. The predicted octanol–water partition coefficient (Wildman–Crippen LogP) is 0.955. The van der Waals surface area contributed by atoms with Gasteiger partial charge in [-0.3, -0.25) is 4.79 Å². The van der Waals surface area contributed by atoms with Gasteiger partial charge < -0.3 is 16.3 Å². The summed E-state index contributed by atoms with van der Waals surface area (Å²) in [4.78, 5) is 11.4. The van der Waals surface area contributed by atoms with Crippen molar-refractivity contribution >= 4 is 23.3 Å². The standard InChI is InChI=1S/C9H9ClFN3O2/c10-6-3-1-2-5(8(6)11)9(15)13-4-7(12)14-16/h1-3,16H,4H2,(H2,12,14)(H,13,15). The van der Waals surface area contributed by atoms with E-state index in [-0.39, 0.29) is 23.0 Å². The number of nitrogens with one attached hydrogen (secondary N) is 1. The van der Waals surface area contributed by atoms with Crippen molar-refractivity contribution in [1.82, 2.24) is 5.32 Å². The Bertz CT molecular complexity index is 437. The molecule has 1 aromatic rings. The summed E-state index contributed by atoms with van der Waals surface area (Å²) in [6.45, 7) is -0.179. The number of hydrogen-bond acceptors (Lipinski definition) is 3. The number of nitrogens with zero attached hydrogens (tertiary/aromatic N) is 1. The number of halogens is 2. The first-order valence-corrected chi connectivity index (χ1v) is 4.62. The molecule has 0 aromatic heterocycles. The summed E-state index contributed by atoms with van der Waals surface area (Å²) in [7, 11) is 0. The maximum absolute atomic E-state index is 13.4. The molecular weight excluding hydrogens is 237 g/mol. The Hall–Kier alpha value is -1.82. The fourth-order valence-corrected chi connectivity index (χ4v) is 1.16. The Balaban J connectivity index is 2.78. The van der Waals surface area contributed by atoms with E-state index < -0.39 is 11.7 Å². The van der Waals surface area contributed by atoms with E-state index in [0.717, 1.165) is 0 Å². The van der Waals surface area contributed by atoms with Gasteiger partial charge in [-0.05, 0) is 12.1 Å². The van der Waals surface area contributed by atoms with Crippen LogP contribution >= 0.6 is 11.6 Å². The molecule has 1 amide bonds. The van der Waals surface area contributed by atoms with E-state index in [9.17, 15) is 9.18 Å². The van der Waals surface area contributed by atoms with Crippen LogP contribution in [0.5, 0.6) is 0 Å². The van der Waals surface area contributed by atoms with Crippen molar-refractivity contribution in [3.63, 3.8) is 0 Å². The Morgan fingerprint density at radius 3 is 2.94 bits per heavy atom. The van der Waals surface area contributed by atoms with Crippen LogP contribution in [0.1, 0.15) is 10.4 Å². The van der Waals surface area contributed by atoms with Gasteiger partial charge in [-0.2, -0.15) is 0 Å². The molecule has 0 aliphatic rings. The third-order valence-corrected chi connectivity index (χ3v) is 2.05. The van der Waals surface area contributed by atoms with Gasteiger partial charge in [0.1, 0.15) is 0 Å². The van der Waals surface area contributed by atoms with Gasteiger partial charge in [0, 0.05) is 0 Å². The molecule has 0 atom stereocenters. The number of nitrogens with two attached hydrogens (primary N) is 1. The van der Waals surface area contributed by atoms with Gasteiger partial charge in [0.15, 0.2) is 11.7 Å². The van der Waals surface area contributed by atoms with E-state index in [1.807, 2.05) is 0 Å². The maximum atomic E-state index is 13.4. The molecule has 5 nitrogen and oxygen atoms in total. The van der Waals surface area contributed by atoms with Crippen molar-refractivity contribution in [3.8, 4) is 0 Å². The fraction of sp³-hybridized carbons (Fsp3) is 0.111. The first-order chi connectivity index (χ1) is 7.56. The maximum Gasteiger partial charge on any atom is 0.254 e. The Morgan fingerprint density at radius 2 is 2.31 bits per heavy atom. The highest BCUT2D eigenvalue weighted by atomic mass is 35.5. The summed E-state index contributed by atoms with van der Waals surface area (Å²) >= 11 is 5.50. The van der Waals surface area contributed by atoms with Crippen molar-refractivity contribution < 1.29 is 14.4 Å². The third kappa shape index (κ3) is 2.83. The molecule has 0 fully saturated rings. The second kappa shape index (κ2) is 5.32. The van der Waals surface area contributed by atoms with Gasteiger partial charge in [0.2, 0.25) is 0 Å². The zero-order valence-corrected chi connectivity index (χ0v) is 8.83. The van der Waals surface area contributed by atoms with Crippen LogP contribution in [-0.2, 0) is 0 Å². The summed E-state index contributed by atoms with van der Waals surface area (Å²) in [5.41, 5.74) is 4.94. The number of hydrogen-bond donors (Lipinski definition) is 3. The summed E-state index contributed by atoms with van der Waals surface area (Å²) in [5.74, 6) is -1.68. The minimum Gasteiger partial charge on any atom is -0.409 e. The van der Waals surface area contributed by atoms with Gasteiger partial charge in [-0.15, -0.1) is 0 Å². The van der Waals surface area contributed by atoms with Gasteiger partial charge in [0.25, 0.3) is 5.91 Å². The predicted molar refractivity (Wildman–Crippen MR) is 57.2 cm³/mol. The molecule has 0 saturated carbocycles. The van der Waals surface area contributed by atoms with Gasteiger partial charge in [-0.25, -0.2) is 4.39 Å². The molecule has 86 valence electrons. The molecule has 0 unspecified atom stereocenters. The zero-order valence-electron chi connectivity index (χ0n) is 8.08. The van der Waals surface area contributed by atoms with E-state index >= 15 is 0 Å². The third-order valence-electron chi connectivity index (χ3n) is 1.75. The van der Waals surface area contributed by atoms with Crippen LogP contribution in [-0.4, -0.2) is 23.5 Å². The number of benzene rings is 1. The van der Waals surface area contributed by atoms with Crippen molar-refractivity contribution in [2.45, 2.75) is 0 Å². The Kier molecular flexibility index (Phi) is 4.07. The van der Waals surface area contributed by atoms with Crippen LogP contribution in [0.3, 0.4) is 0 Å². The lowest BCUT2D eigenvalue weighted by Crippen LogP contribution is -2.34. The van der Waals surface area contributed by atoms with E-state index in [1.54, 1.807) is 0 Å². The molecule has 0 heterocycles. The molecule has 7 heteroatoms. The van der Waals surface area contributed by atoms with E-state index in [1.165, 1.54) is 18.2 Å². The zero-order chi connectivity index (χ0) is 12.1. The van der Waals surface area contributed by atoms with Crippen LogP contribution in [0.15, 0.2) is 23.4 Å². The van der Waals surface area contributed by atoms with Crippen LogP contribution in [0.4, 0.5) is 4.39 Å². The SMILES string of the molecule is N/C(CNC(=O)c1cccc(Cl)c1F)=N/O. The van der Waals surface area contributed by atoms with Crippen LogP contribution < -0.4 is 11.1 Å². The summed E-state index contributed by atoms with van der Waals surface area (Å²) in [5, 5.41) is 13.0. The molecule has 16 heavy (non-hydrogen) atoms. The minimum absolute atomic E-state index is 0.142. The first-order valence-electron chi connectivity index (χ1n) is 4.25. The lowest BCUT2D eigenvalue weighted by Gasteiger charge is -2.05. The molecule has 0 spiro atoms. The van der Waals surface area contributed by atoms with Gasteiger partial charge >= 0.3 is 0 Å². The van der Waals surface area contributed by atoms with Crippen molar-refractivity contribution in [2.24, 2.45) is 10.9 Å². The largest absolute Gasteiger partial charge is 0.409 e. The average Bonchev–Trinajstić information content (AvgIpc) is 2.29. The highest BCUT2D eigenvalue weighted by Gasteiger charge is 2.13. The first kappa shape index (κ1) is 12.3. The molecule has 0 aliphatic heterocycles. The van der Waals surface area contributed by atoms with Gasteiger partial charge in [-0.1, -0.05) is 22.8 Å². The second-order valence-corrected chi connectivity index (χ2v) is 3.28. The average molecular weight is 246 g/mol. The van der Waals surface area contributed by atoms with Crippen molar-refractivity contribution in [3.05, 3.63) is 34.6 Å². The Morgan fingerprint density at radius 1 is 1.62 bits per heavy atom. The summed E-state index contributed by atoms with van der Waals surface area (Å²) < 4.78 is 13.4. The van der Waals surface area contributed by atoms with Crippen LogP contribution in [0.25, 0.3) is 0 Å². The number of oxime groups is 1. The van der Waals surface area contributed by atoms with E-state index in [4.69, 9.17) is 22.5 Å². The Labute approximate surface area is 95.7 Å². The number of amidine groups is 1. The minimum atomic E-state index is -0.804. The molecule has 0 saturated heterocycles. The molecule has 0 bridgehead atoms. The summed E-state index contributed by atoms with van der Waals surface area (Å²) in [6.07, 6.45) is 0. The highest BCUT2D eigenvalue weighted by Crippen LogP contribution is 2.17. The molecule has 1 rings (SSSR count). The topological polar surface area (TPSA) is 87.7 Å². The van der Waals surface area contributed by atoms with E-state index in [2.05, 4.69) is 10.5 Å². The van der Waals surface area contributed by atoms with Crippen LogP contribution in [0, 0.1) is 5.82 Å². The monoisotopic (exact) mass is 245 g/mol. The number of carbonyl (C=O) groups excluding carboxylic acids is 1. The molecule has 4 N–H and O–H groups in total. The van der Waals surface area contributed by atoms with E-state index in [0.29, 0.717) is 0 Å². The highest BCUT2D eigenvalue weighted by molar-refractivity contribution is 6.31. The molecule has 0 radical (unpaired) electrons. The second-order valence-electron chi connectivity index (χ2n) is 2.88. The lowest BCUT2D eigenvalue weighted by atomic mass is 10.2. The van der Waals surface area contributed by atoms with Crippen molar-refractivity contribution in [2.75, 3.05) is 6.54 Å². The van der Waals surface area contributed by atoms with Gasteiger partial charge in [0.05, 0.1) is 17.1 Å². The lowest BCUT2D eigenvalue weighted by molar-refractivity contribution is 0.0955. The number of amides is 1. The quantitative estimate of drug-likeness (QED) is 0.321. The molecular formula is C9H9ClFN3O2. The number of rotatable bonds is 3. The fourth-order valence-electron chi connectivity index (χ4n) is 0.981. The number of carbonyl (C=O) groups is 1.